The fourth-order valence-electron chi connectivity index (χ4n) is 2.26. The molecule has 0 aliphatic rings. The summed E-state index contributed by atoms with van der Waals surface area (Å²) in [6.07, 6.45) is 0. The number of hydrogen-bond donors (Lipinski definition) is 1. The molecule has 0 radical (unpaired) electrons. The second-order valence-electron chi connectivity index (χ2n) is 5.99. The number of hydrogen-bond acceptors (Lipinski definition) is 6. The van der Waals surface area contributed by atoms with Gasteiger partial charge in [-0.3, -0.25) is 19.7 Å². The predicted octanol–water partition coefficient (Wildman–Crippen LogP) is 3.10. The van der Waals surface area contributed by atoms with E-state index in [1.165, 1.54) is 31.2 Å². The van der Waals surface area contributed by atoms with Gasteiger partial charge in [0.2, 0.25) is 5.78 Å². The van der Waals surface area contributed by atoms with Gasteiger partial charge in [0.05, 0.1) is 4.92 Å². The van der Waals surface area contributed by atoms with Crippen molar-refractivity contribution in [2.24, 2.45) is 0 Å². The first-order chi connectivity index (χ1) is 13.2. The van der Waals surface area contributed by atoms with Crippen molar-refractivity contribution in [3.63, 3.8) is 0 Å². The molecule has 0 unspecified atom stereocenters. The van der Waals surface area contributed by atoms with Crippen LogP contribution in [0.1, 0.15) is 33.2 Å². The van der Waals surface area contributed by atoms with Crippen LogP contribution in [0.3, 0.4) is 0 Å². The van der Waals surface area contributed by atoms with Gasteiger partial charge in [0.1, 0.15) is 6.04 Å². The van der Waals surface area contributed by atoms with Crippen molar-refractivity contribution in [1.82, 2.24) is 5.32 Å². The fraction of sp³-hybridized carbons (Fsp3) is 0.211. The lowest BCUT2D eigenvalue weighted by molar-refractivity contribution is -0.385. The quantitative estimate of drug-likeness (QED) is 0.328. The van der Waals surface area contributed by atoms with E-state index in [9.17, 15) is 24.5 Å². The number of ether oxygens (including phenoxy) is 1. The van der Waals surface area contributed by atoms with E-state index in [4.69, 9.17) is 16.3 Å². The number of ketones is 1. The minimum atomic E-state index is -0.997. The molecule has 2 aromatic rings. The monoisotopic (exact) mass is 404 g/mol. The third-order valence-electron chi connectivity index (χ3n) is 3.88. The van der Waals surface area contributed by atoms with Crippen molar-refractivity contribution in [1.29, 1.82) is 0 Å². The Balaban J connectivity index is 1.93. The van der Waals surface area contributed by atoms with E-state index < -0.39 is 35.2 Å². The summed E-state index contributed by atoms with van der Waals surface area (Å²) in [6, 6.07) is 9.09. The van der Waals surface area contributed by atoms with E-state index in [0.717, 1.165) is 6.07 Å². The molecular weight excluding hydrogens is 388 g/mol. The van der Waals surface area contributed by atoms with Crippen LogP contribution >= 0.6 is 11.6 Å². The number of nitrogens with zero attached hydrogens (tertiary/aromatic N) is 1. The Labute approximate surface area is 165 Å². The average molecular weight is 405 g/mol. The molecule has 146 valence electrons. The SMILES string of the molecule is Cc1ccc(C(=O)COC(=O)[C@H](C)NC(=O)c2ccc(Cl)cc2)cc1[N+](=O)[O-]. The van der Waals surface area contributed by atoms with Gasteiger partial charge in [-0.05, 0) is 38.1 Å². The molecule has 28 heavy (non-hydrogen) atoms. The Morgan fingerprint density at radius 2 is 1.75 bits per heavy atom. The molecule has 0 saturated carbocycles. The van der Waals surface area contributed by atoms with Crippen LogP contribution in [0.15, 0.2) is 42.5 Å². The van der Waals surface area contributed by atoms with Crippen molar-refractivity contribution in [3.8, 4) is 0 Å². The van der Waals surface area contributed by atoms with Crippen LogP contribution in [-0.2, 0) is 9.53 Å². The molecule has 0 spiro atoms. The van der Waals surface area contributed by atoms with Crippen molar-refractivity contribution >= 4 is 34.9 Å². The number of carbonyl (C=O) groups excluding carboxylic acids is 3. The van der Waals surface area contributed by atoms with Gasteiger partial charge in [-0.1, -0.05) is 23.7 Å². The number of aryl methyl sites for hydroxylation is 1. The molecule has 1 amide bonds. The molecule has 2 aromatic carbocycles. The summed E-state index contributed by atoms with van der Waals surface area (Å²) < 4.78 is 4.91. The molecule has 8 nitrogen and oxygen atoms in total. The van der Waals surface area contributed by atoms with Crippen LogP contribution < -0.4 is 5.32 Å². The Bertz CT molecular complexity index is 927. The number of nitro groups is 1. The highest BCUT2D eigenvalue weighted by atomic mass is 35.5. The highest BCUT2D eigenvalue weighted by Crippen LogP contribution is 2.19. The molecule has 1 atom stereocenters. The first kappa shape index (κ1) is 21.0. The van der Waals surface area contributed by atoms with Gasteiger partial charge in [0.25, 0.3) is 11.6 Å². The Kier molecular flexibility index (Phi) is 6.84. The predicted molar refractivity (Wildman–Crippen MR) is 102 cm³/mol. The second-order valence-corrected chi connectivity index (χ2v) is 6.43. The average Bonchev–Trinajstić information content (AvgIpc) is 2.66. The van der Waals surface area contributed by atoms with E-state index in [1.54, 1.807) is 19.1 Å². The summed E-state index contributed by atoms with van der Waals surface area (Å²) in [5, 5.41) is 13.9. The second kappa shape index (κ2) is 9.09. The van der Waals surface area contributed by atoms with Crippen molar-refractivity contribution in [2.45, 2.75) is 19.9 Å². The first-order valence-electron chi connectivity index (χ1n) is 8.20. The summed E-state index contributed by atoms with van der Waals surface area (Å²) >= 11 is 5.75. The van der Waals surface area contributed by atoms with Gasteiger partial charge in [-0.15, -0.1) is 0 Å². The summed E-state index contributed by atoms with van der Waals surface area (Å²) in [6.45, 7) is 2.37. The van der Waals surface area contributed by atoms with E-state index >= 15 is 0 Å². The van der Waals surface area contributed by atoms with E-state index in [1.807, 2.05) is 0 Å². The van der Waals surface area contributed by atoms with Crippen molar-refractivity contribution in [3.05, 3.63) is 74.3 Å². The van der Waals surface area contributed by atoms with Crippen LogP contribution in [0.5, 0.6) is 0 Å². The summed E-state index contributed by atoms with van der Waals surface area (Å²) in [4.78, 5) is 46.6. The van der Waals surface area contributed by atoms with Gasteiger partial charge >= 0.3 is 5.97 Å². The molecule has 1 N–H and O–H groups in total. The standard InChI is InChI=1S/C19H17ClN2O6/c1-11-3-4-14(9-16(11)22(26)27)17(23)10-28-19(25)12(2)21-18(24)13-5-7-15(20)8-6-13/h3-9,12H,10H2,1-2H3,(H,21,24)/t12-/m0/s1. The van der Waals surface area contributed by atoms with E-state index in [-0.39, 0.29) is 11.3 Å². The number of carbonyl (C=O) groups is 3. The zero-order valence-corrected chi connectivity index (χ0v) is 15.9. The molecule has 0 aliphatic carbocycles. The van der Waals surface area contributed by atoms with Crippen LogP contribution in [0, 0.1) is 17.0 Å². The summed E-state index contributed by atoms with van der Waals surface area (Å²) in [5.41, 5.74) is 0.591. The Hall–Kier alpha value is -3.26. The molecule has 0 saturated heterocycles. The van der Waals surface area contributed by atoms with Gasteiger partial charge in [-0.25, -0.2) is 4.79 Å². The number of Topliss-reactive ketones (excluding diaryl/α,β-unsaturated/α-hetero) is 1. The highest BCUT2D eigenvalue weighted by molar-refractivity contribution is 6.30. The maximum absolute atomic E-state index is 12.1. The van der Waals surface area contributed by atoms with Crippen molar-refractivity contribution < 1.29 is 24.0 Å². The Morgan fingerprint density at radius 1 is 1.14 bits per heavy atom. The number of nitro benzene ring substituents is 1. The zero-order chi connectivity index (χ0) is 20.8. The third kappa shape index (κ3) is 5.37. The van der Waals surface area contributed by atoms with Gasteiger partial charge in [0.15, 0.2) is 6.61 Å². The molecule has 0 bridgehead atoms. The maximum atomic E-state index is 12.1. The van der Waals surface area contributed by atoms with Crippen LogP contribution in [-0.4, -0.2) is 35.2 Å². The lowest BCUT2D eigenvalue weighted by Crippen LogP contribution is -2.40. The largest absolute Gasteiger partial charge is 0.456 e. The lowest BCUT2D eigenvalue weighted by Gasteiger charge is -2.13. The normalized spacial score (nSPS) is 11.4. The van der Waals surface area contributed by atoms with Crippen molar-refractivity contribution in [2.75, 3.05) is 6.61 Å². The third-order valence-corrected chi connectivity index (χ3v) is 4.13. The van der Waals surface area contributed by atoms with E-state index in [0.29, 0.717) is 16.1 Å². The smallest absolute Gasteiger partial charge is 0.328 e. The maximum Gasteiger partial charge on any atom is 0.328 e. The molecule has 0 fully saturated rings. The molecule has 0 heterocycles. The molecule has 2 rings (SSSR count). The van der Waals surface area contributed by atoms with Crippen LogP contribution in [0.4, 0.5) is 5.69 Å². The first-order valence-corrected chi connectivity index (χ1v) is 8.58. The van der Waals surface area contributed by atoms with Crippen LogP contribution in [0.2, 0.25) is 5.02 Å². The number of halogens is 1. The number of nitrogens with one attached hydrogen (secondary N) is 1. The van der Waals surface area contributed by atoms with Gasteiger partial charge < -0.3 is 10.1 Å². The fourth-order valence-corrected chi connectivity index (χ4v) is 2.39. The number of benzene rings is 2. The highest BCUT2D eigenvalue weighted by Gasteiger charge is 2.20. The number of rotatable bonds is 7. The minimum Gasteiger partial charge on any atom is -0.456 e. The number of amides is 1. The molecule has 0 aromatic heterocycles. The van der Waals surface area contributed by atoms with Gasteiger partial charge in [0, 0.05) is 27.8 Å². The topological polar surface area (TPSA) is 116 Å². The number of esters is 1. The summed E-state index contributed by atoms with van der Waals surface area (Å²) in [7, 11) is 0. The summed E-state index contributed by atoms with van der Waals surface area (Å²) in [5.74, 6) is -1.90. The molecule has 9 heteroatoms. The molecular formula is C19H17ClN2O6. The van der Waals surface area contributed by atoms with E-state index in [2.05, 4.69) is 5.32 Å². The Morgan fingerprint density at radius 3 is 2.36 bits per heavy atom. The van der Waals surface area contributed by atoms with Gasteiger partial charge in [-0.2, -0.15) is 0 Å². The minimum absolute atomic E-state index is 0.0583. The lowest BCUT2D eigenvalue weighted by atomic mass is 10.1. The molecule has 0 aliphatic heterocycles. The van der Waals surface area contributed by atoms with Crippen LogP contribution in [0.25, 0.3) is 0 Å². The zero-order valence-electron chi connectivity index (χ0n) is 15.1.